The molecular formula is C18H29N3O5. The van der Waals surface area contributed by atoms with E-state index in [1.165, 1.54) is 6.92 Å². The molecule has 0 saturated heterocycles. The third-order valence-corrected chi connectivity index (χ3v) is 3.13. The molecule has 146 valence electrons. The van der Waals surface area contributed by atoms with Gasteiger partial charge in [-0.25, -0.2) is 4.79 Å². The number of hydrogen-bond acceptors (Lipinski definition) is 7. The fourth-order valence-corrected chi connectivity index (χ4v) is 2.18. The lowest BCUT2D eigenvalue weighted by molar-refractivity contribution is -0.148. The van der Waals surface area contributed by atoms with Crippen LogP contribution in [0.1, 0.15) is 40.2 Å². The Morgan fingerprint density at radius 2 is 1.85 bits per heavy atom. The van der Waals surface area contributed by atoms with Crippen LogP contribution >= 0.6 is 0 Å². The summed E-state index contributed by atoms with van der Waals surface area (Å²) in [5, 5.41) is 5.64. The second kappa shape index (κ2) is 9.28. The van der Waals surface area contributed by atoms with Gasteiger partial charge in [-0.15, -0.1) is 0 Å². The Morgan fingerprint density at radius 3 is 2.38 bits per heavy atom. The number of nitrogen functional groups attached to an aromatic ring is 1. The molecule has 4 N–H and O–H groups in total. The summed E-state index contributed by atoms with van der Waals surface area (Å²) < 4.78 is 15.8. The van der Waals surface area contributed by atoms with Gasteiger partial charge in [0.05, 0.1) is 30.3 Å². The lowest BCUT2D eigenvalue weighted by Gasteiger charge is -2.21. The third kappa shape index (κ3) is 7.60. The van der Waals surface area contributed by atoms with Crippen LogP contribution in [0, 0.1) is 0 Å². The van der Waals surface area contributed by atoms with Gasteiger partial charge in [0, 0.05) is 14.0 Å². The monoisotopic (exact) mass is 367 g/mol. The summed E-state index contributed by atoms with van der Waals surface area (Å²) in [5.41, 5.74) is 7.74. The molecular weight excluding hydrogens is 338 g/mol. The Labute approximate surface area is 154 Å². The van der Waals surface area contributed by atoms with Crippen LogP contribution in [0.25, 0.3) is 0 Å². The Morgan fingerprint density at radius 1 is 1.23 bits per heavy atom. The first-order valence-electron chi connectivity index (χ1n) is 8.37. The van der Waals surface area contributed by atoms with Gasteiger partial charge in [-0.05, 0) is 45.4 Å². The highest BCUT2D eigenvalue weighted by Crippen LogP contribution is 2.30. The van der Waals surface area contributed by atoms with E-state index in [2.05, 4.69) is 10.6 Å². The topological polar surface area (TPSA) is 112 Å². The molecule has 0 spiro atoms. The minimum absolute atomic E-state index is 0.258. The van der Waals surface area contributed by atoms with Gasteiger partial charge in [0.1, 0.15) is 11.7 Å². The van der Waals surface area contributed by atoms with Crippen molar-refractivity contribution < 1.29 is 23.8 Å². The summed E-state index contributed by atoms with van der Waals surface area (Å²) in [4.78, 5) is 22.9. The second-order valence-corrected chi connectivity index (χ2v) is 6.92. The number of carbonyl (C=O) groups excluding carboxylic acids is 2. The van der Waals surface area contributed by atoms with E-state index in [-0.39, 0.29) is 25.3 Å². The van der Waals surface area contributed by atoms with Crippen molar-refractivity contribution in [2.45, 2.75) is 52.9 Å². The van der Waals surface area contributed by atoms with Gasteiger partial charge in [0.2, 0.25) is 0 Å². The standard InChI is InChI=1S/C18H29N3O5/c1-11(25-12(2)22)9-24-10-13-7-14(20-6)16(19)15(8-13)21-17(23)26-18(3,4)5/h7-8,11,20H,9-10,19H2,1-6H3,(H,21,23). The van der Waals surface area contributed by atoms with E-state index in [0.717, 1.165) is 5.56 Å². The number of nitrogens with one attached hydrogen (secondary N) is 2. The minimum Gasteiger partial charge on any atom is -0.460 e. The van der Waals surface area contributed by atoms with Crippen molar-refractivity contribution in [3.05, 3.63) is 17.7 Å². The summed E-state index contributed by atoms with van der Waals surface area (Å²) in [6.07, 6.45) is -0.933. The predicted molar refractivity (Wildman–Crippen MR) is 101 cm³/mol. The molecule has 0 bridgehead atoms. The SMILES string of the molecule is CNc1cc(COCC(C)OC(C)=O)cc(NC(=O)OC(C)(C)C)c1N. The van der Waals surface area contributed by atoms with E-state index < -0.39 is 11.7 Å². The number of benzene rings is 1. The molecule has 1 atom stereocenters. The van der Waals surface area contributed by atoms with E-state index in [1.807, 2.05) is 6.07 Å². The smallest absolute Gasteiger partial charge is 0.412 e. The molecule has 0 aliphatic heterocycles. The zero-order valence-electron chi connectivity index (χ0n) is 16.3. The molecule has 0 heterocycles. The molecule has 0 radical (unpaired) electrons. The van der Waals surface area contributed by atoms with Crippen molar-refractivity contribution in [1.29, 1.82) is 0 Å². The van der Waals surface area contributed by atoms with Crippen molar-refractivity contribution in [1.82, 2.24) is 0 Å². The molecule has 26 heavy (non-hydrogen) atoms. The molecule has 8 nitrogen and oxygen atoms in total. The van der Waals surface area contributed by atoms with Crippen molar-refractivity contribution in [2.24, 2.45) is 0 Å². The highest BCUT2D eigenvalue weighted by atomic mass is 16.6. The first-order valence-corrected chi connectivity index (χ1v) is 8.37. The molecule has 8 heteroatoms. The molecule has 0 saturated carbocycles. The van der Waals surface area contributed by atoms with Gasteiger partial charge in [0.25, 0.3) is 0 Å². The summed E-state index contributed by atoms with van der Waals surface area (Å²) in [7, 11) is 1.73. The van der Waals surface area contributed by atoms with Crippen LogP contribution in [0.4, 0.5) is 21.9 Å². The second-order valence-electron chi connectivity index (χ2n) is 6.92. The summed E-state index contributed by atoms with van der Waals surface area (Å²) >= 11 is 0. The number of esters is 1. The fraction of sp³-hybridized carbons (Fsp3) is 0.556. The number of rotatable bonds is 7. The number of hydrogen-bond donors (Lipinski definition) is 3. The molecule has 1 aromatic rings. The number of anilines is 3. The van der Waals surface area contributed by atoms with Crippen molar-refractivity contribution in [3.63, 3.8) is 0 Å². The molecule has 0 aliphatic carbocycles. The highest BCUT2D eigenvalue weighted by molar-refractivity contribution is 5.93. The number of nitrogens with two attached hydrogens (primary N) is 1. The maximum atomic E-state index is 12.0. The van der Waals surface area contributed by atoms with Crippen LogP contribution < -0.4 is 16.4 Å². The first-order chi connectivity index (χ1) is 12.0. The largest absolute Gasteiger partial charge is 0.460 e. The van der Waals surface area contributed by atoms with Gasteiger partial charge in [-0.2, -0.15) is 0 Å². The van der Waals surface area contributed by atoms with Gasteiger partial charge in [-0.3, -0.25) is 10.1 Å². The number of ether oxygens (including phenoxy) is 3. The van der Waals surface area contributed by atoms with Gasteiger partial charge < -0.3 is 25.3 Å². The molecule has 1 amide bonds. The highest BCUT2D eigenvalue weighted by Gasteiger charge is 2.18. The first kappa shape index (κ1) is 21.6. The maximum absolute atomic E-state index is 12.0. The normalized spacial score (nSPS) is 12.2. The van der Waals surface area contributed by atoms with Crippen LogP contribution in [0.2, 0.25) is 0 Å². The van der Waals surface area contributed by atoms with Gasteiger partial charge in [-0.1, -0.05) is 0 Å². The molecule has 1 unspecified atom stereocenters. The predicted octanol–water partition coefficient (Wildman–Crippen LogP) is 3.13. The zero-order chi connectivity index (χ0) is 19.9. The number of amides is 1. The maximum Gasteiger partial charge on any atom is 0.412 e. The van der Waals surface area contributed by atoms with Crippen LogP contribution in [-0.2, 0) is 25.6 Å². The average Bonchev–Trinajstić information content (AvgIpc) is 2.47. The molecule has 0 aliphatic rings. The zero-order valence-corrected chi connectivity index (χ0v) is 16.3. The summed E-state index contributed by atoms with van der Waals surface area (Å²) in [6.45, 7) is 8.97. The Kier molecular flexibility index (Phi) is 7.70. The fourth-order valence-electron chi connectivity index (χ4n) is 2.18. The minimum atomic E-state index is -0.613. The molecule has 0 fully saturated rings. The Bertz CT molecular complexity index is 640. The van der Waals surface area contributed by atoms with E-state index in [4.69, 9.17) is 19.9 Å². The molecule has 1 aromatic carbocycles. The lowest BCUT2D eigenvalue weighted by atomic mass is 10.1. The average molecular weight is 367 g/mol. The lowest BCUT2D eigenvalue weighted by Crippen LogP contribution is -2.27. The van der Waals surface area contributed by atoms with Crippen molar-refractivity contribution in [3.8, 4) is 0 Å². The van der Waals surface area contributed by atoms with Crippen molar-refractivity contribution in [2.75, 3.05) is 30.0 Å². The molecule has 0 aromatic heterocycles. The van der Waals surface area contributed by atoms with Gasteiger partial charge in [0.15, 0.2) is 0 Å². The Hall–Kier alpha value is -2.48. The van der Waals surface area contributed by atoms with Crippen molar-refractivity contribution >= 4 is 29.1 Å². The molecule has 1 rings (SSSR count). The van der Waals surface area contributed by atoms with Gasteiger partial charge >= 0.3 is 12.1 Å². The summed E-state index contributed by atoms with van der Waals surface area (Å²) in [6, 6.07) is 3.54. The van der Waals surface area contributed by atoms with Crippen LogP contribution in [0.5, 0.6) is 0 Å². The van der Waals surface area contributed by atoms with E-state index >= 15 is 0 Å². The summed E-state index contributed by atoms with van der Waals surface area (Å²) in [5.74, 6) is -0.352. The van der Waals surface area contributed by atoms with E-state index in [1.54, 1.807) is 40.8 Å². The van der Waals surface area contributed by atoms with E-state index in [0.29, 0.717) is 17.1 Å². The number of carbonyl (C=O) groups is 2. The Balaban J connectivity index is 2.81. The van der Waals surface area contributed by atoms with E-state index in [9.17, 15) is 9.59 Å². The van der Waals surface area contributed by atoms with Crippen LogP contribution in [0.15, 0.2) is 12.1 Å². The van der Waals surface area contributed by atoms with Crippen LogP contribution in [0.3, 0.4) is 0 Å². The quantitative estimate of drug-likeness (QED) is 0.501. The third-order valence-electron chi connectivity index (χ3n) is 3.13. The van der Waals surface area contributed by atoms with Crippen LogP contribution in [-0.4, -0.2) is 37.4 Å².